The van der Waals surface area contributed by atoms with Gasteiger partial charge < -0.3 is 16.4 Å². The standard InChI is InChI=1S/C18H15FN6O3S2/c19-11-3-7-13(8-4-11)22-16(28)23-17-24-25-18(30-17)29-9-14(26)21-12-5-1-10(2-6-12)15(20)27/h1-8H,9H2,(H2,20,27)(H,21,26)(H2,22,23,24,28). The van der Waals surface area contributed by atoms with Crippen molar-refractivity contribution in [1.82, 2.24) is 10.2 Å². The highest BCUT2D eigenvalue weighted by atomic mass is 32.2. The van der Waals surface area contributed by atoms with Crippen LogP contribution in [0.5, 0.6) is 0 Å². The molecular weight excluding hydrogens is 431 g/mol. The van der Waals surface area contributed by atoms with E-state index in [1.54, 1.807) is 12.1 Å². The lowest BCUT2D eigenvalue weighted by atomic mass is 10.2. The molecule has 2 aromatic carbocycles. The summed E-state index contributed by atoms with van der Waals surface area (Å²) in [7, 11) is 0. The second-order valence-electron chi connectivity index (χ2n) is 5.74. The fourth-order valence-corrected chi connectivity index (χ4v) is 3.70. The fourth-order valence-electron chi connectivity index (χ4n) is 2.15. The summed E-state index contributed by atoms with van der Waals surface area (Å²) in [4.78, 5) is 35.0. The van der Waals surface area contributed by atoms with Crippen molar-refractivity contribution in [2.75, 3.05) is 21.7 Å². The monoisotopic (exact) mass is 446 g/mol. The van der Waals surface area contributed by atoms with Gasteiger partial charge in [-0.2, -0.15) is 0 Å². The van der Waals surface area contributed by atoms with E-state index in [2.05, 4.69) is 26.1 Å². The minimum absolute atomic E-state index is 0.0774. The Morgan fingerprint density at radius 3 is 2.23 bits per heavy atom. The van der Waals surface area contributed by atoms with Crippen LogP contribution < -0.4 is 21.7 Å². The van der Waals surface area contributed by atoms with Gasteiger partial charge in [-0.1, -0.05) is 23.1 Å². The van der Waals surface area contributed by atoms with Gasteiger partial charge in [0.1, 0.15) is 5.82 Å². The second-order valence-corrected chi connectivity index (χ2v) is 7.94. The largest absolute Gasteiger partial charge is 0.366 e. The first kappa shape index (κ1) is 21.2. The minimum atomic E-state index is -0.550. The lowest BCUT2D eigenvalue weighted by Crippen LogP contribution is -2.19. The van der Waals surface area contributed by atoms with E-state index in [9.17, 15) is 18.8 Å². The highest BCUT2D eigenvalue weighted by molar-refractivity contribution is 8.01. The number of benzene rings is 2. The molecule has 1 aromatic heterocycles. The van der Waals surface area contributed by atoms with Crippen LogP contribution in [0.4, 0.5) is 25.7 Å². The molecule has 0 bridgehead atoms. The number of nitrogens with one attached hydrogen (secondary N) is 3. The number of nitrogens with zero attached hydrogens (tertiary/aromatic N) is 2. The summed E-state index contributed by atoms with van der Waals surface area (Å²) in [6, 6.07) is 11.0. The highest BCUT2D eigenvalue weighted by Gasteiger charge is 2.11. The number of anilines is 3. The number of rotatable bonds is 7. The average Bonchev–Trinajstić information content (AvgIpc) is 3.16. The molecule has 0 fully saturated rings. The first-order valence-corrected chi connectivity index (χ1v) is 10.2. The van der Waals surface area contributed by atoms with Gasteiger partial charge >= 0.3 is 6.03 Å². The molecule has 1 heterocycles. The normalized spacial score (nSPS) is 10.3. The zero-order chi connectivity index (χ0) is 21.5. The molecule has 3 aromatic rings. The Labute approximate surface area is 178 Å². The predicted octanol–water partition coefficient (Wildman–Crippen LogP) is 3.15. The highest BCUT2D eigenvalue weighted by Crippen LogP contribution is 2.25. The third-order valence-corrected chi connectivity index (χ3v) is 5.48. The van der Waals surface area contributed by atoms with E-state index >= 15 is 0 Å². The van der Waals surface area contributed by atoms with Gasteiger partial charge in [0.05, 0.1) is 5.75 Å². The number of carbonyl (C=O) groups excluding carboxylic acids is 3. The van der Waals surface area contributed by atoms with Gasteiger partial charge in [-0.15, -0.1) is 10.2 Å². The number of halogens is 1. The second kappa shape index (κ2) is 9.80. The van der Waals surface area contributed by atoms with Crippen molar-refractivity contribution >= 4 is 57.5 Å². The minimum Gasteiger partial charge on any atom is -0.366 e. The Kier molecular flexibility index (Phi) is 6.93. The maximum Gasteiger partial charge on any atom is 0.325 e. The Morgan fingerprint density at radius 1 is 0.933 bits per heavy atom. The van der Waals surface area contributed by atoms with Crippen molar-refractivity contribution in [2.45, 2.75) is 4.34 Å². The van der Waals surface area contributed by atoms with Crippen molar-refractivity contribution in [1.29, 1.82) is 0 Å². The lowest BCUT2D eigenvalue weighted by Gasteiger charge is -2.05. The molecule has 154 valence electrons. The van der Waals surface area contributed by atoms with E-state index in [4.69, 9.17) is 5.73 Å². The molecule has 0 radical (unpaired) electrons. The van der Waals surface area contributed by atoms with Crippen molar-refractivity contribution < 1.29 is 18.8 Å². The smallest absolute Gasteiger partial charge is 0.325 e. The maximum atomic E-state index is 12.9. The molecule has 30 heavy (non-hydrogen) atoms. The van der Waals surface area contributed by atoms with E-state index in [0.29, 0.717) is 21.3 Å². The van der Waals surface area contributed by atoms with Crippen LogP contribution in [0, 0.1) is 5.82 Å². The van der Waals surface area contributed by atoms with Crippen LogP contribution in [0.1, 0.15) is 10.4 Å². The number of aromatic nitrogens is 2. The van der Waals surface area contributed by atoms with E-state index in [-0.39, 0.29) is 16.8 Å². The summed E-state index contributed by atoms with van der Waals surface area (Å²) < 4.78 is 13.4. The molecule has 4 amide bonds. The van der Waals surface area contributed by atoms with Crippen molar-refractivity contribution in [3.63, 3.8) is 0 Å². The predicted molar refractivity (Wildman–Crippen MR) is 113 cm³/mol. The zero-order valence-corrected chi connectivity index (χ0v) is 16.8. The van der Waals surface area contributed by atoms with Crippen molar-refractivity contribution in [3.8, 4) is 0 Å². The van der Waals surface area contributed by atoms with Crippen LogP contribution in [0.2, 0.25) is 0 Å². The molecule has 0 aliphatic heterocycles. The maximum absolute atomic E-state index is 12.9. The van der Waals surface area contributed by atoms with Crippen molar-refractivity contribution in [3.05, 3.63) is 59.9 Å². The van der Waals surface area contributed by atoms with Gasteiger partial charge in [-0.25, -0.2) is 9.18 Å². The molecule has 0 saturated carbocycles. The summed E-state index contributed by atoms with van der Waals surface area (Å²) in [6.07, 6.45) is 0. The van der Waals surface area contributed by atoms with Crippen LogP contribution in [-0.2, 0) is 4.79 Å². The third-order valence-electron chi connectivity index (χ3n) is 3.51. The Bertz CT molecular complexity index is 1060. The molecule has 0 unspecified atom stereocenters. The van der Waals surface area contributed by atoms with Gasteiger partial charge in [0.2, 0.25) is 16.9 Å². The van der Waals surface area contributed by atoms with E-state index in [1.807, 2.05) is 0 Å². The molecule has 0 aliphatic rings. The fraction of sp³-hybridized carbons (Fsp3) is 0.0556. The molecule has 0 atom stereocenters. The number of hydrogen-bond donors (Lipinski definition) is 4. The molecule has 9 nitrogen and oxygen atoms in total. The zero-order valence-electron chi connectivity index (χ0n) is 15.2. The topological polar surface area (TPSA) is 139 Å². The van der Waals surface area contributed by atoms with Gasteiger partial charge in [-0.3, -0.25) is 14.9 Å². The summed E-state index contributed by atoms with van der Waals surface area (Å²) in [5, 5.41) is 15.7. The molecule has 5 N–H and O–H groups in total. The van der Waals surface area contributed by atoms with E-state index in [1.165, 1.54) is 36.4 Å². The van der Waals surface area contributed by atoms with Gasteiger partial charge in [0.25, 0.3) is 0 Å². The van der Waals surface area contributed by atoms with Gasteiger partial charge in [0, 0.05) is 16.9 Å². The number of carbonyl (C=O) groups is 3. The van der Waals surface area contributed by atoms with Gasteiger partial charge in [-0.05, 0) is 48.5 Å². The SMILES string of the molecule is NC(=O)c1ccc(NC(=O)CSc2nnc(NC(=O)Nc3ccc(F)cc3)s2)cc1. The Morgan fingerprint density at radius 2 is 1.57 bits per heavy atom. The van der Waals surface area contributed by atoms with E-state index < -0.39 is 17.8 Å². The number of nitrogens with two attached hydrogens (primary N) is 1. The molecule has 12 heteroatoms. The summed E-state index contributed by atoms with van der Waals surface area (Å²) in [5.74, 6) is -1.15. The molecule has 0 spiro atoms. The molecular formula is C18H15FN6O3S2. The lowest BCUT2D eigenvalue weighted by molar-refractivity contribution is -0.113. The number of primary amides is 1. The average molecular weight is 446 g/mol. The molecule has 0 saturated heterocycles. The summed E-state index contributed by atoms with van der Waals surface area (Å²) >= 11 is 2.26. The first-order valence-electron chi connectivity index (χ1n) is 8.38. The van der Waals surface area contributed by atoms with Crippen LogP contribution in [-0.4, -0.2) is 33.8 Å². The quantitative estimate of drug-likeness (QED) is 0.325. The number of urea groups is 1. The van der Waals surface area contributed by atoms with Crippen LogP contribution in [0.15, 0.2) is 52.9 Å². The van der Waals surface area contributed by atoms with Crippen LogP contribution >= 0.6 is 23.1 Å². The van der Waals surface area contributed by atoms with E-state index in [0.717, 1.165) is 23.1 Å². The first-order chi connectivity index (χ1) is 14.4. The number of hydrogen-bond acceptors (Lipinski definition) is 7. The number of amides is 4. The number of thioether (sulfide) groups is 1. The summed E-state index contributed by atoms with van der Waals surface area (Å²) in [6.45, 7) is 0. The Hall–Kier alpha value is -3.51. The summed E-state index contributed by atoms with van der Waals surface area (Å²) in [5.41, 5.74) is 6.47. The third kappa shape index (κ3) is 6.25. The van der Waals surface area contributed by atoms with Crippen LogP contribution in [0.3, 0.4) is 0 Å². The Balaban J connectivity index is 1.45. The van der Waals surface area contributed by atoms with Crippen molar-refractivity contribution in [2.24, 2.45) is 5.73 Å². The van der Waals surface area contributed by atoms with Crippen LogP contribution in [0.25, 0.3) is 0 Å². The van der Waals surface area contributed by atoms with Gasteiger partial charge in [0.15, 0.2) is 4.34 Å². The molecule has 3 rings (SSSR count). The molecule has 0 aliphatic carbocycles.